The van der Waals surface area contributed by atoms with Crippen LogP contribution in [0.3, 0.4) is 0 Å². The van der Waals surface area contributed by atoms with Crippen molar-refractivity contribution in [1.82, 2.24) is 0 Å². The fourth-order valence-corrected chi connectivity index (χ4v) is 2.50. The van der Waals surface area contributed by atoms with Crippen molar-refractivity contribution in [3.05, 3.63) is 71.8 Å². The second-order valence-electron chi connectivity index (χ2n) is 4.97. The van der Waals surface area contributed by atoms with Crippen molar-refractivity contribution in [2.75, 3.05) is 0 Å². The van der Waals surface area contributed by atoms with E-state index in [9.17, 15) is 5.11 Å². The number of hydrogen-bond donors (Lipinski definition) is 1. The minimum absolute atomic E-state index is 0.463. The van der Waals surface area contributed by atoms with Gasteiger partial charge >= 0.3 is 0 Å². The second kappa shape index (κ2) is 6.58. The summed E-state index contributed by atoms with van der Waals surface area (Å²) in [5.74, 6) is 0. The van der Waals surface area contributed by atoms with E-state index in [-0.39, 0.29) is 0 Å². The van der Waals surface area contributed by atoms with Crippen LogP contribution in [0.2, 0.25) is 0 Å². The summed E-state index contributed by atoms with van der Waals surface area (Å²) in [7, 11) is 0. The highest BCUT2D eigenvalue weighted by Gasteiger charge is 2.29. The van der Waals surface area contributed by atoms with Gasteiger partial charge in [-0.15, -0.1) is 0 Å². The summed E-state index contributed by atoms with van der Waals surface area (Å²) >= 11 is 4.77. The Hall–Kier alpha value is -1.80. The zero-order chi connectivity index (χ0) is 14.4. The fourth-order valence-electron chi connectivity index (χ4n) is 2.30. The van der Waals surface area contributed by atoms with E-state index in [0.717, 1.165) is 11.1 Å². The van der Waals surface area contributed by atoms with Crippen LogP contribution in [-0.4, -0.2) is 10.3 Å². The quantitative estimate of drug-likeness (QED) is 0.661. The number of benzene rings is 2. The highest BCUT2D eigenvalue weighted by molar-refractivity contribution is 7.78. The van der Waals surface area contributed by atoms with Crippen molar-refractivity contribution in [1.29, 1.82) is 0 Å². The van der Waals surface area contributed by atoms with Gasteiger partial charge in [-0.1, -0.05) is 60.7 Å². The Balaban J connectivity index is 2.29. The molecule has 0 radical (unpaired) electrons. The van der Waals surface area contributed by atoms with Crippen LogP contribution in [0.15, 0.2) is 65.7 Å². The molecule has 0 aliphatic carbocycles. The Morgan fingerprint density at radius 2 is 1.65 bits per heavy atom. The Bertz CT molecular complexity index is 593. The van der Waals surface area contributed by atoms with Gasteiger partial charge in [0.1, 0.15) is 0 Å². The molecule has 0 heterocycles. The highest BCUT2D eigenvalue weighted by atomic mass is 32.1. The van der Waals surface area contributed by atoms with Gasteiger partial charge < -0.3 is 5.11 Å². The summed E-state index contributed by atoms with van der Waals surface area (Å²) in [6.45, 7) is 1.97. The molecule has 20 heavy (non-hydrogen) atoms. The van der Waals surface area contributed by atoms with E-state index >= 15 is 0 Å². The average molecular weight is 283 g/mol. The Kier molecular flexibility index (Phi) is 4.80. The molecule has 0 amide bonds. The molecule has 1 N–H and O–H groups in total. The molecule has 0 saturated carbocycles. The topological polar surface area (TPSA) is 32.6 Å². The number of rotatable bonds is 5. The minimum atomic E-state index is -0.589. The lowest BCUT2D eigenvalue weighted by Crippen LogP contribution is -2.22. The average Bonchev–Trinajstić information content (AvgIpc) is 2.49. The van der Waals surface area contributed by atoms with Crippen molar-refractivity contribution >= 4 is 17.4 Å². The van der Waals surface area contributed by atoms with Crippen molar-refractivity contribution in [3.63, 3.8) is 0 Å². The van der Waals surface area contributed by atoms with E-state index in [4.69, 9.17) is 12.2 Å². The Morgan fingerprint density at radius 3 is 2.20 bits per heavy atom. The maximum Gasteiger partial charge on any atom is 0.0959 e. The molecule has 0 aliphatic rings. The highest BCUT2D eigenvalue weighted by Crippen LogP contribution is 2.34. The Labute approximate surface area is 124 Å². The first-order valence-electron chi connectivity index (χ1n) is 6.53. The molecule has 0 spiro atoms. The standard InChI is InChI=1S/C17H17NOS/c1-17(18-13-20,15-10-6-3-7-11-15)12-16(19)14-8-4-2-5-9-14/h2-11,16,19H,12H2,1H3/t16-,17+/m0/s1. The molecule has 102 valence electrons. The Morgan fingerprint density at radius 1 is 1.10 bits per heavy atom. The van der Waals surface area contributed by atoms with Crippen molar-refractivity contribution in [2.45, 2.75) is 25.0 Å². The zero-order valence-electron chi connectivity index (χ0n) is 11.4. The summed E-state index contributed by atoms with van der Waals surface area (Å²) in [5.41, 5.74) is 1.33. The molecule has 0 aliphatic heterocycles. The molecule has 2 rings (SSSR count). The summed E-state index contributed by atoms with van der Waals surface area (Å²) in [6.07, 6.45) is -0.126. The van der Waals surface area contributed by atoms with E-state index in [0.29, 0.717) is 6.42 Å². The van der Waals surface area contributed by atoms with Crippen molar-refractivity contribution in [2.24, 2.45) is 4.99 Å². The summed E-state index contributed by atoms with van der Waals surface area (Å²) in [6, 6.07) is 19.5. The first-order chi connectivity index (χ1) is 9.65. The van der Waals surface area contributed by atoms with Gasteiger partial charge in [-0.25, -0.2) is 4.99 Å². The molecule has 2 nitrogen and oxygen atoms in total. The SMILES string of the molecule is C[C@](C[C@H](O)c1ccccc1)(N=C=S)c1ccccc1. The van der Waals surface area contributed by atoms with Crippen LogP contribution < -0.4 is 0 Å². The minimum Gasteiger partial charge on any atom is -0.388 e. The van der Waals surface area contributed by atoms with Crippen molar-refractivity contribution < 1.29 is 5.11 Å². The first kappa shape index (κ1) is 14.6. The number of hydrogen-bond acceptors (Lipinski definition) is 3. The summed E-state index contributed by atoms with van der Waals surface area (Å²) < 4.78 is 0. The third-order valence-corrected chi connectivity index (χ3v) is 3.55. The number of isothiocyanates is 1. The van der Waals surface area contributed by atoms with Crippen LogP contribution in [0.1, 0.15) is 30.6 Å². The number of aliphatic imine (C=N–C) groups is 1. The van der Waals surface area contributed by atoms with Gasteiger partial charge in [0.2, 0.25) is 0 Å². The fraction of sp³-hybridized carbons (Fsp3) is 0.235. The van der Waals surface area contributed by atoms with Gasteiger partial charge in [-0.3, -0.25) is 0 Å². The lowest BCUT2D eigenvalue weighted by atomic mass is 9.85. The number of thiocarbonyl (C=S) groups is 1. The predicted octanol–water partition coefficient (Wildman–Crippen LogP) is 4.13. The largest absolute Gasteiger partial charge is 0.388 e. The molecule has 0 bridgehead atoms. The van der Waals surface area contributed by atoms with E-state index in [1.807, 2.05) is 67.6 Å². The third-order valence-electron chi connectivity index (χ3n) is 3.46. The molecule has 0 saturated heterocycles. The number of nitrogens with zero attached hydrogens (tertiary/aromatic N) is 1. The van der Waals surface area contributed by atoms with Gasteiger partial charge in [-0.05, 0) is 30.3 Å². The lowest BCUT2D eigenvalue weighted by Gasteiger charge is -2.27. The summed E-state index contributed by atoms with van der Waals surface area (Å²) in [5, 5.41) is 12.9. The van der Waals surface area contributed by atoms with Crippen molar-refractivity contribution in [3.8, 4) is 0 Å². The van der Waals surface area contributed by atoms with Gasteiger partial charge in [-0.2, -0.15) is 0 Å². The van der Waals surface area contributed by atoms with Crippen LogP contribution >= 0.6 is 12.2 Å². The van der Waals surface area contributed by atoms with E-state index in [2.05, 4.69) is 10.2 Å². The molecule has 0 unspecified atom stereocenters. The molecule has 0 fully saturated rings. The molecule has 2 aromatic carbocycles. The van der Waals surface area contributed by atoms with Gasteiger partial charge in [0.05, 0.1) is 16.8 Å². The number of aliphatic hydroxyl groups excluding tert-OH is 1. The molecular formula is C17H17NOS. The van der Waals surface area contributed by atoms with E-state index in [1.54, 1.807) is 0 Å². The first-order valence-corrected chi connectivity index (χ1v) is 6.94. The normalized spacial score (nSPS) is 14.9. The van der Waals surface area contributed by atoms with Crippen LogP contribution in [0.4, 0.5) is 0 Å². The predicted molar refractivity (Wildman–Crippen MR) is 84.8 cm³/mol. The summed E-state index contributed by atoms with van der Waals surface area (Å²) in [4.78, 5) is 4.30. The molecule has 2 atom stereocenters. The molecule has 3 heteroatoms. The van der Waals surface area contributed by atoms with Gasteiger partial charge in [0, 0.05) is 6.42 Å². The monoisotopic (exact) mass is 283 g/mol. The van der Waals surface area contributed by atoms with Crippen LogP contribution in [-0.2, 0) is 5.54 Å². The van der Waals surface area contributed by atoms with E-state index in [1.165, 1.54) is 0 Å². The molecular weight excluding hydrogens is 266 g/mol. The second-order valence-corrected chi connectivity index (χ2v) is 5.16. The smallest absolute Gasteiger partial charge is 0.0959 e. The molecule has 0 aromatic heterocycles. The third kappa shape index (κ3) is 3.40. The van der Waals surface area contributed by atoms with Crippen LogP contribution in [0.25, 0.3) is 0 Å². The van der Waals surface area contributed by atoms with Crippen LogP contribution in [0.5, 0.6) is 0 Å². The van der Waals surface area contributed by atoms with Crippen LogP contribution in [0, 0.1) is 0 Å². The lowest BCUT2D eigenvalue weighted by molar-refractivity contribution is 0.138. The van der Waals surface area contributed by atoms with Gasteiger partial charge in [0.25, 0.3) is 0 Å². The number of aliphatic hydroxyl groups is 1. The van der Waals surface area contributed by atoms with Gasteiger partial charge in [0.15, 0.2) is 0 Å². The van der Waals surface area contributed by atoms with E-state index < -0.39 is 11.6 Å². The molecule has 2 aromatic rings. The zero-order valence-corrected chi connectivity index (χ0v) is 12.2. The maximum absolute atomic E-state index is 10.4. The maximum atomic E-state index is 10.4.